The quantitative estimate of drug-likeness (QED) is 0.837. The summed E-state index contributed by atoms with van der Waals surface area (Å²) >= 11 is 0. The van der Waals surface area contributed by atoms with Gasteiger partial charge in [-0.25, -0.2) is 4.79 Å². The zero-order valence-corrected chi connectivity index (χ0v) is 14.9. The predicted octanol–water partition coefficient (Wildman–Crippen LogP) is 3.12. The van der Waals surface area contributed by atoms with Gasteiger partial charge >= 0.3 is 6.09 Å². The molecule has 134 valence electrons. The lowest BCUT2D eigenvalue weighted by Gasteiger charge is -2.34. The summed E-state index contributed by atoms with van der Waals surface area (Å²) in [5.74, 6) is -0.409. The van der Waals surface area contributed by atoms with E-state index in [4.69, 9.17) is 4.74 Å². The highest BCUT2D eigenvalue weighted by molar-refractivity contribution is 6.21. The topological polar surface area (TPSA) is 75.7 Å². The molecule has 6 heteroatoms. The van der Waals surface area contributed by atoms with Gasteiger partial charge in [-0.1, -0.05) is 12.1 Å². The van der Waals surface area contributed by atoms with E-state index < -0.39 is 11.7 Å². The van der Waals surface area contributed by atoms with Crippen molar-refractivity contribution in [2.24, 2.45) is 0 Å². The maximum atomic E-state index is 12.5. The van der Waals surface area contributed by atoms with Crippen molar-refractivity contribution in [2.75, 3.05) is 0 Å². The van der Waals surface area contributed by atoms with Gasteiger partial charge in [0.05, 0.1) is 11.1 Å². The van der Waals surface area contributed by atoms with Crippen LogP contribution in [-0.4, -0.2) is 40.5 Å². The Morgan fingerprint density at radius 3 is 2.04 bits per heavy atom. The summed E-state index contributed by atoms with van der Waals surface area (Å²) in [4.78, 5) is 38.3. The molecule has 1 aromatic carbocycles. The van der Waals surface area contributed by atoms with Gasteiger partial charge in [0.1, 0.15) is 5.60 Å². The number of carbonyl (C=O) groups excluding carboxylic acids is 3. The van der Waals surface area contributed by atoms with Gasteiger partial charge in [-0.3, -0.25) is 14.5 Å². The minimum Gasteiger partial charge on any atom is -0.444 e. The molecular formula is C19H24N2O4. The number of nitrogens with zero attached hydrogens (tertiary/aromatic N) is 1. The van der Waals surface area contributed by atoms with Crippen LogP contribution in [-0.2, 0) is 4.74 Å². The van der Waals surface area contributed by atoms with Crippen LogP contribution < -0.4 is 5.32 Å². The molecule has 0 bridgehead atoms. The summed E-state index contributed by atoms with van der Waals surface area (Å²) in [6.07, 6.45) is 2.39. The fourth-order valence-electron chi connectivity index (χ4n) is 3.49. The van der Waals surface area contributed by atoms with E-state index >= 15 is 0 Å². The smallest absolute Gasteiger partial charge is 0.407 e. The van der Waals surface area contributed by atoms with Gasteiger partial charge in [0.2, 0.25) is 0 Å². The Morgan fingerprint density at radius 2 is 1.56 bits per heavy atom. The van der Waals surface area contributed by atoms with Crippen molar-refractivity contribution in [3.63, 3.8) is 0 Å². The van der Waals surface area contributed by atoms with Gasteiger partial charge in [-0.05, 0) is 58.6 Å². The Bertz CT molecular complexity index is 665. The van der Waals surface area contributed by atoms with Gasteiger partial charge in [-0.2, -0.15) is 0 Å². The van der Waals surface area contributed by atoms with Crippen LogP contribution in [0.25, 0.3) is 0 Å². The lowest BCUT2D eigenvalue weighted by atomic mass is 9.90. The molecule has 1 fully saturated rings. The van der Waals surface area contributed by atoms with Gasteiger partial charge in [-0.15, -0.1) is 0 Å². The third-order valence-electron chi connectivity index (χ3n) is 4.61. The van der Waals surface area contributed by atoms with E-state index in [-0.39, 0.29) is 23.9 Å². The SMILES string of the molecule is CC(C)(C)OC(=O)N[C@H]1CC[C@H](N2C(=O)c3ccccc3C2=O)CC1. The van der Waals surface area contributed by atoms with Crippen LogP contribution in [0.5, 0.6) is 0 Å². The largest absolute Gasteiger partial charge is 0.444 e. The molecule has 0 radical (unpaired) electrons. The highest BCUT2D eigenvalue weighted by Crippen LogP contribution is 2.31. The molecule has 0 atom stereocenters. The molecule has 1 heterocycles. The number of rotatable bonds is 2. The second-order valence-electron chi connectivity index (χ2n) is 7.68. The van der Waals surface area contributed by atoms with Crippen LogP contribution in [0, 0.1) is 0 Å². The Labute approximate surface area is 147 Å². The second-order valence-corrected chi connectivity index (χ2v) is 7.68. The first-order valence-electron chi connectivity index (χ1n) is 8.73. The first-order chi connectivity index (χ1) is 11.8. The van der Waals surface area contributed by atoms with Gasteiger partial charge < -0.3 is 10.1 Å². The number of imide groups is 1. The van der Waals surface area contributed by atoms with Crippen LogP contribution in [0.15, 0.2) is 24.3 Å². The predicted molar refractivity (Wildman–Crippen MR) is 92.4 cm³/mol. The first-order valence-corrected chi connectivity index (χ1v) is 8.73. The minimum atomic E-state index is -0.526. The third kappa shape index (κ3) is 3.67. The van der Waals surface area contributed by atoms with Gasteiger partial charge in [0.15, 0.2) is 0 Å². The monoisotopic (exact) mass is 344 g/mol. The Hall–Kier alpha value is -2.37. The van der Waals surface area contributed by atoms with Crippen LogP contribution in [0.4, 0.5) is 4.79 Å². The zero-order chi connectivity index (χ0) is 18.2. The van der Waals surface area contributed by atoms with Crippen molar-refractivity contribution in [2.45, 2.75) is 64.1 Å². The van der Waals surface area contributed by atoms with Crippen molar-refractivity contribution in [3.8, 4) is 0 Å². The minimum absolute atomic E-state index is 0.0151. The molecule has 0 spiro atoms. The van der Waals surface area contributed by atoms with Crippen molar-refractivity contribution >= 4 is 17.9 Å². The molecule has 1 aromatic rings. The summed E-state index contributed by atoms with van der Waals surface area (Å²) in [7, 11) is 0. The van der Waals surface area contributed by atoms with E-state index in [0.29, 0.717) is 24.0 Å². The van der Waals surface area contributed by atoms with E-state index in [1.807, 2.05) is 20.8 Å². The van der Waals surface area contributed by atoms with E-state index in [1.54, 1.807) is 24.3 Å². The maximum Gasteiger partial charge on any atom is 0.407 e. The number of hydrogen-bond donors (Lipinski definition) is 1. The maximum absolute atomic E-state index is 12.5. The number of fused-ring (bicyclic) bond motifs is 1. The number of alkyl carbamates (subject to hydrolysis) is 1. The fourth-order valence-corrected chi connectivity index (χ4v) is 3.49. The Morgan fingerprint density at radius 1 is 1.04 bits per heavy atom. The number of ether oxygens (including phenoxy) is 1. The van der Waals surface area contributed by atoms with Gasteiger partial charge in [0, 0.05) is 12.1 Å². The van der Waals surface area contributed by atoms with E-state index in [2.05, 4.69) is 5.32 Å². The van der Waals surface area contributed by atoms with Crippen LogP contribution >= 0.6 is 0 Å². The number of hydrogen-bond acceptors (Lipinski definition) is 4. The summed E-state index contributed by atoms with van der Waals surface area (Å²) < 4.78 is 5.27. The summed E-state index contributed by atoms with van der Waals surface area (Å²) in [5.41, 5.74) is 0.449. The van der Waals surface area contributed by atoms with E-state index in [0.717, 1.165) is 12.8 Å². The zero-order valence-electron chi connectivity index (χ0n) is 14.9. The second kappa shape index (κ2) is 6.50. The standard InChI is InChI=1S/C19H24N2O4/c1-19(2,3)25-18(24)20-12-8-10-13(11-9-12)21-16(22)14-6-4-5-7-15(14)17(21)23/h4-7,12-13H,8-11H2,1-3H3,(H,20,24)/t12-,13-. The number of nitrogens with one attached hydrogen (secondary N) is 1. The lowest BCUT2D eigenvalue weighted by Crippen LogP contribution is -2.46. The lowest BCUT2D eigenvalue weighted by molar-refractivity contribution is 0.0441. The van der Waals surface area contributed by atoms with Crippen molar-refractivity contribution in [1.82, 2.24) is 10.2 Å². The molecule has 2 aliphatic rings. The summed E-state index contributed by atoms with van der Waals surface area (Å²) in [5, 5.41) is 2.88. The van der Waals surface area contributed by atoms with Crippen molar-refractivity contribution in [1.29, 1.82) is 0 Å². The summed E-state index contributed by atoms with van der Waals surface area (Å²) in [6.45, 7) is 5.48. The molecule has 1 saturated carbocycles. The molecule has 1 aliphatic heterocycles. The highest BCUT2D eigenvalue weighted by Gasteiger charge is 2.41. The normalized spacial score (nSPS) is 23.4. The van der Waals surface area contributed by atoms with E-state index in [9.17, 15) is 14.4 Å². The number of benzene rings is 1. The molecule has 25 heavy (non-hydrogen) atoms. The third-order valence-corrected chi connectivity index (χ3v) is 4.61. The molecular weight excluding hydrogens is 320 g/mol. The Balaban J connectivity index is 1.58. The van der Waals surface area contributed by atoms with Crippen LogP contribution in [0.3, 0.4) is 0 Å². The molecule has 1 aliphatic carbocycles. The molecule has 3 rings (SSSR count). The molecule has 1 N–H and O–H groups in total. The molecule has 6 nitrogen and oxygen atoms in total. The molecule has 3 amide bonds. The van der Waals surface area contributed by atoms with E-state index in [1.165, 1.54) is 4.90 Å². The Kier molecular flexibility index (Phi) is 4.54. The molecule has 0 unspecified atom stereocenters. The molecule has 0 aromatic heterocycles. The summed E-state index contributed by atoms with van der Waals surface area (Å²) in [6, 6.07) is 6.85. The van der Waals surface area contributed by atoms with Crippen LogP contribution in [0.1, 0.15) is 67.2 Å². The first kappa shape index (κ1) is 17.5. The number of amides is 3. The highest BCUT2D eigenvalue weighted by atomic mass is 16.6. The van der Waals surface area contributed by atoms with Crippen LogP contribution in [0.2, 0.25) is 0 Å². The average Bonchev–Trinajstić information content (AvgIpc) is 2.79. The average molecular weight is 344 g/mol. The number of carbonyl (C=O) groups is 3. The fraction of sp³-hybridized carbons (Fsp3) is 0.526. The van der Waals surface area contributed by atoms with Crippen molar-refractivity contribution < 1.29 is 19.1 Å². The van der Waals surface area contributed by atoms with Gasteiger partial charge in [0.25, 0.3) is 11.8 Å². The van der Waals surface area contributed by atoms with Crippen molar-refractivity contribution in [3.05, 3.63) is 35.4 Å². The molecule has 0 saturated heterocycles.